The van der Waals surface area contributed by atoms with Gasteiger partial charge in [0.05, 0.1) is 0 Å². The predicted octanol–water partition coefficient (Wildman–Crippen LogP) is 3.07. The van der Waals surface area contributed by atoms with Gasteiger partial charge in [-0.1, -0.05) is 20.8 Å². The molecule has 1 aromatic rings. The third-order valence-corrected chi connectivity index (χ3v) is 4.89. The summed E-state index contributed by atoms with van der Waals surface area (Å²) in [7, 11) is 0. The van der Waals surface area contributed by atoms with Crippen molar-refractivity contribution in [1.29, 1.82) is 0 Å². The van der Waals surface area contributed by atoms with Gasteiger partial charge in [0, 0.05) is 29.4 Å². The van der Waals surface area contributed by atoms with Crippen LogP contribution in [0.25, 0.3) is 0 Å². The van der Waals surface area contributed by atoms with Gasteiger partial charge in [0.1, 0.15) is 0 Å². The van der Waals surface area contributed by atoms with E-state index in [-0.39, 0.29) is 0 Å². The molecule has 2 heterocycles. The van der Waals surface area contributed by atoms with Crippen LogP contribution in [0.2, 0.25) is 0 Å². The average molecular weight is 252 g/mol. The van der Waals surface area contributed by atoms with Crippen LogP contribution in [0, 0.1) is 11.3 Å². The summed E-state index contributed by atoms with van der Waals surface area (Å²) in [5.41, 5.74) is 6.10. The zero-order valence-electron chi connectivity index (χ0n) is 11.2. The molecule has 1 aliphatic heterocycles. The van der Waals surface area contributed by atoms with Crippen molar-refractivity contribution in [2.24, 2.45) is 17.1 Å². The molecule has 1 unspecified atom stereocenters. The molecule has 3 heteroatoms. The molecule has 0 aromatic carbocycles. The highest BCUT2D eigenvalue weighted by molar-refractivity contribution is 7.11. The van der Waals surface area contributed by atoms with Crippen LogP contribution < -0.4 is 5.73 Å². The first kappa shape index (κ1) is 13.1. The van der Waals surface area contributed by atoms with Gasteiger partial charge in [0.25, 0.3) is 0 Å². The molecule has 2 rings (SSSR count). The fourth-order valence-electron chi connectivity index (χ4n) is 2.52. The summed E-state index contributed by atoms with van der Waals surface area (Å²) in [5, 5.41) is 0. The standard InChI is InChI=1S/C14H24N2S/c1-14(2,3)11-6-7-16(9-11)10-13-5-4-12(8-15)17-13/h4-5,11H,6-10,15H2,1-3H3. The number of nitrogens with two attached hydrogens (primary N) is 1. The maximum absolute atomic E-state index is 5.65. The SMILES string of the molecule is CC(C)(C)C1CCN(Cc2ccc(CN)s2)C1. The number of thiophene rings is 1. The quantitative estimate of drug-likeness (QED) is 0.896. The molecule has 1 aromatic heterocycles. The minimum absolute atomic E-state index is 0.451. The van der Waals surface area contributed by atoms with E-state index in [4.69, 9.17) is 5.73 Å². The van der Waals surface area contributed by atoms with Crippen LogP contribution in [0.4, 0.5) is 0 Å². The van der Waals surface area contributed by atoms with Crippen LogP contribution in [0.15, 0.2) is 12.1 Å². The highest BCUT2D eigenvalue weighted by atomic mass is 32.1. The summed E-state index contributed by atoms with van der Waals surface area (Å²) < 4.78 is 0. The Morgan fingerprint density at radius 3 is 2.59 bits per heavy atom. The lowest BCUT2D eigenvalue weighted by Crippen LogP contribution is -2.25. The van der Waals surface area contributed by atoms with Crippen LogP contribution in [0.1, 0.15) is 36.9 Å². The highest BCUT2D eigenvalue weighted by Crippen LogP contribution is 2.34. The minimum Gasteiger partial charge on any atom is -0.326 e. The van der Waals surface area contributed by atoms with Crippen molar-refractivity contribution in [3.63, 3.8) is 0 Å². The van der Waals surface area contributed by atoms with Gasteiger partial charge in [-0.15, -0.1) is 11.3 Å². The molecule has 1 atom stereocenters. The molecule has 1 aliphatic rings. The third kappa shape index (κ3) is 3.30. The fraction of sp³-hybridized carbons (Fsp3) is 0.714. The van der Waals surface area contributed by atoms with Crippen molar-refractivity contribution in [1.82, 2.24) is 4.90 Å². The Labute approximate surface area is 109 Å². The summed E-state index contributed by atoms with van der Waals surface area (Å²) in [6.07, 6.45) is 1.35. The number of rotatable bonds is 3. The monoisotopic (exact) mass is 252 g/mol. The van der Waals surface area contributed by atoms with E-state index in [1.165, 1.54) is 29.3 Å². The molecule has 96 valence electrons. The van der Waals surface area contributed by atoms with Gasteiger partial charge in [-0.05, 0) is 36.4 Å². The van der Waals surface area contributed by atoms with Gasteiger partial charge in [-0.2, -0.15) is 0 Å². The number of nitrogens with zero attached hydrogens (tertiary/aromatic N) is 1. The predicted molar refractivity (Wildman–Crippen MR) is 75.0 cm³/mol. The Morgan fingerprint density at radius 2 is 2.06 bits per heavy atom. The summed E-state index contributed by atoms with van der Waals surface area (Å²) in [5.74, 6) is 0.844. The van der Waals surface area contributed by atoms with Gasteiger partial charge in [0.15, 0.2) is 0 Å². The van der Waals surface area contributed by atoms with Gasteiger partial charge in [0.2, 0.25) is 0 Å². The van der Waals surface area contributed by atoms with Crippen LogP contribution in [0.3, 0.4) is 0 Å². The maximum Gasteiger partial charge on any atom is 0.0328 e. The molecule has 0 aliphatic carbocycles. The molecule has 0 radical (unpaired) electrons. The van der Waals surface area contributed by atoms with Gasteiger partial charge in [-0.3, -0.25) is 4.90 Å². The topological polar surface area (TPSA) is 29.3 Å². The van der Waals surface area contributed by atoms with E-state index in [9.17, 15) is 0 Å². The van der Waals surface area contributed by atoms with E-state index in [1.54, 1.807) is 0 Å². The lowest BCUT2D eigenvalue weighted by atomic mass is 9.80. The second-order valence-electron chi connectivity index (χ2n) is 6.16. The molecule has 1 fully saturated rings. The lowest BCUT2D eigenvalue weighted by molar-refractivity contribution is 0.227. The molecule has 2 N–H and O–H groups in total. The van der Waals surface area contributed by atoms with Crippen molar-refractivity contribution < 1.29 is 0 Å². The van der Waals surface area contributed by atoms with E-state index in [2.05, 4.69) is 37.8 Å². The van der Waals surface area contributed by atoms with Crippen molar-refractivity contribution >= 4 is 11.3 Å². The Hall–Kier alpha value is -0.380. The Balaban J connectivity index is 1.89. The van der Waals surface area contributed by atoms with E-state index in [0.717, 1.165) is 12.5 Å². The molecule has 0 spiro atoms. The Bertz CT molecular complexity index is 365. The van der Waals surface area contributed by atoms with Gasteiger partial charge < -0.3 is 5.73 Å². The Kier molecular flexibility index (Phi) is 3.91. The van der Waals surface area contributed by atoms with Crippen LogP contribution in [-0.4, -0.2) is 18.0 Å². The van der Waals surface area contributed by atoms with Crippen molar-refractivity contribution in [3.05, 3.63) is 21.9 Å². The molecule has 0 bridgehead atoms. The normalized spacial score (nSPS) is 22.2. The number of likely N-dealkylation sites (tertiary alicyclic amines) is 1. The highest BCUT2D eigenvalue weighted by Gasteiger charge is 2.31. The first-order valence-corrected chi connectivity index (χ1v) is 7.30. The third-order valence-electron chi connectivity index (χ3n) is 3.80. The maximum atomic E-state index is 5.65. The second kappa shape index (κ2) is 5.09. The largest absolute Gasteiger partial charge is 0.326 e. The summed E-state index contributed by atoms with van der Waals surface area (Å²) in [4.78, 5) is 5.34. The first-order valence-electron chi connectivity index (χ1n) is 6.49. The zero-order chi connectivity index (χ0) is 12.5. The number of hydrogen-bond acceptors (Lipinski definition) is 3. The zero-order valence-corrected chi connectivity index (χ0v) is 12.0. The van der Waals surface area contributed by atoms with Crippen LogP contribution in [0.5, 0.6) is 0 Å². The van der Waals surface area contributed by atoms with E-state index < -0.39 is 0 Å². The molecular formula is C14H24N2S. The molecule has 1 saturated heterocycles. The van der Waals surface area contributed by atoms with E-state index in [0.29, 0.717) is 12.0 Å². The van der Waals surface area contributed by atoms with Crippen LogP contribution in [-0.2, 0) is 13.1 Å². The number of hydrogen-bond donors (Lipinski definition) is 1. The van der Waals surface area contributed by atoms with Crippen molar-refractivity contribution in [2.45, 2.75) is 40.3 Å². The smallest absolute Gasteiger partial charge is 0.0328 e. The molecule has 2 nitrogen and oxygen atoms in total. The molecule has 0 amide bonds. The second-order valence-corrected chi connectivity index (χ2v) is 7.41. The Morgan fingerprint density at radius 1 is 1.35 bits per heavy atom. The average Bonchev–Trinajstić information content (AvgIpc) is 2.86. The van der Waals surface area contributed by atoms with Gasteiger partial charge >= 0.3 is 0 Å². The van der Waals surface area contributed by atoms with Gasteiger partial charge in [-0.25, -0.2) is 0 Å². The molecule has 0 saturated carbocycles. The molecule has 17 heavy (non-hydrogen) atoms. The summed E-state index contributed by atoms with van der Waals surface area (Å²) >= 11 is 1.86. The fourth-order valence-corrected chi connectivity index (χ4v) is 3.46. The van der Waals surface area contributed by atoms with Crippen LogP contribution >= 0.6 is 11.3 Å². The minimum atomic E-state index is 0.451. The van der Waals surface area contributed by atoms with E-state index >= 15 is 0 Å². The van der Waals surface area contributed by atoms with E-state index in [1.807, 2.05) is 11.3 Å². The molecular weight excluding hydrogens is 228 g/mol. The first-order chi connectivity index (χ1) is 7.99. The lowest BCUT2D eigenvalue weighted by Gasteiger charge is -2.27. The van der Waals surface area contributed by atoms with Crippen molar-refractivity contribution in [2.75, 3.05) is 13.1 Å². The summed E-state index contributed by atoms with van der Waals surface area (Å²) in [6, 6.07) is 4.40. The summed E-state index contributed by atoms with van der Waals surface area (Å²) in [6.45, 7) is 11.4. The van der Waals surface area contributed by atoms with Crippen molar-refractivity contribution in [3.8, 4) is 0 Å².